The summed E-state index contributed by atoms with van der Waals surface area (Å²) >= 11 is 3.15. The van der Waals surface area contributed by atoms with E-state index in [2.05, 4.69) is 15.9 Å². The number of fused-ring (bicyclic) bond motifs is 3. The van der Waals surface area contributed by atoms with E-state index in [1.165, 1.54) is 4.57 Å². The highest BCUT2D eigenvalue weighted by molar-refractivity contribution is 9.10. The standard InChI is InChI=1S/C24H16BrNO7/c25-15-13-14-17(21(30)24(33)22(31)18(14)27)26(16(13)20(29)23(32)19(15)28)12-8-6-11(7-9-12)10-4-2-1-3-5-10/h1-9,27-33H. The number of rotatable bonds is 2. The van der Waals surface area contributed by atoms with Gasteiger partial charge >= 0.3 is 0 Å². The molecule has 166 valence electrons. The second-order valence-corrected chi connectivity index (χ2v) is 8.24. The normalized spacial score (nSPS) is 11.4. The lowest BCUT2D eigenvalue weighted by atomic mass is 10.1. The fourth-order valence-corrected chi connectivity index (χ4v) is 4.63. The highest BCUT2D eigenvalue weighted by Gasteiger charge is 2.31. The molecular weight excluding hydrogens is 494 g/mol. The molecule has 7 N–H and O–H groups in total. The first-order valence-corrected chi connectivity index (χ1v) is 10.5. The first kappa shape index (κ1) is 20.7. The van der Waals surface area contributed by atoms with Crippen molar-refractivity contribution in [2.24, 2.45) is 0 Å². The van der Waals surface area contributed by atoms with Crippen LogP contribution in [0.15, 0.2) is 59.1 Å². The summed E-state index contributed by atoms with van der Waals surface area (Å²) in [5.41, 5.74) is 1.99. The molecular formula is C24H16BrNO7. The van der Waals surface area contributed by atoms with E-state index in [0.717, 1.165) is 11.1 Å². The lowest BCUT2D eigenvalue weighted by Gasteiger charge is -2.13. The van der Waals surface area contributed by atoms with Crippen LogP contribution in [0.1, 0.15) is 0 Å². The molecule has 0 fully saturated rings. The highest BCUT2D eigenvalue weighted by atomic mass is 79.9. The van der Waals surface area contributed by atoms with Crippen molar-refractivity contribution >= 4 is 37.7 Å². The molecule has 4 aromatic carbocycles. The minimum absolute atomic E-state index is 0.00645. The van der Waals surface area contributed by atoms with Crippen LogP contribution in [0.25, 0.3) is 38.6 Å². The van der Waals surface area contributed by atoms with Gasteiger partial charge in [-0.05, 0) is 39.2 Å². The number of benzene rings is 4. The molecule has 0 saturated heterocycles. The average molecular weight is 510 g/mol. The van der Waals surface area contributed by atoms with E-state index in [1.807, 2.05) is 30.3 Å². The number of aromatic hydroxyl groups is 7. The number of hydrogen-bond acceptors (Lipinski definition) is 7. The third kappa shape index (κ3) is 2.76. The molecule has 0 bridgehead atoms. The maximum Gasteiger partial charge on any atom is 0.206 e. The van der Waals surface area contributed by atoms with Gasteiger partial charge < -0.3 is 40.3 Å². The molecule has 0 radical (unpaired) electrons. The van der Waals surface area contributed by atoms with Crippen molar-refractivity contribution in [3.63, 3.8) is 0 Å². The summed E-state index contributed by atoms with van der Waals surface area (Å²) in [5.74, 6) is -5.75. The van der Waals surface area contributed by atoms with E-state index in [9.17, 15) is 35.7 Å². The molecule has 8 nitrogen and oxygen atoms in total. The largest absolute Gasteiger partial charge is 0.504 e. The minimum atomic E-state index is -0.975. The number of phenols is 7. The SMILES string of the molecule is Oc1c(O)c(O)c2c(c1O)c1c(Br)c(O)c(O)c(O)c1n2-c1ccc(-c2ccccc2)cc1. The summed E-state index contributed by atoms with van der Waals surface area (Å²) < 4.78 is 1.20. The topological polar surface area (TPSA) is 147 Å². The van der Waals surface area contributed by atoms with Crippen LogP contribution in [0.4, 0.5) is 0 Å². The number of nitrogens with zero attached hydrogens (tertiary/aromatic N) is 1. The molecule has 0 atom stereocenters. The van der Waals surface area contributed by atoms with Crippen LogP contribution in [0, 0.1) is 0 Å². The Morgan fingerprint density at radius 3 is 1.58 bits per heavy atom. The van der Waals surface area contributed by atoms with Gasteiger partial charge in [-0.25, -0.2) is 0 Å². The predicted octanol–water partition coefficient (Wildman–Crippen LogP) is 5.15. The van der Waals surface area contributed by atoms with Crippen molar-refractivity contribution in [2.75, 3.05) is 0 Å². The van der Waals surface area contributed by atoms with Gasteiger partial charge in [-0.2, -0.15) is 0 Å². The Balaban J connectivity index is 1.95. The Morgan fingerprint density at radius 2 is 0.970 bits per heavy atom. The van der Waals surface area contributed by atoms with Crippen molar-refractivity contribution < 1.29 is 35.7 Å². The molecule has 0 saturated carbocycles. The van der Waals surface area contributed by atoms with E-state index in [1.54, 1.807) is 24.3 Å². The minimum Gasteiger partial charge on any atom is -0.504 e. The summed E-state index contributed by atoms with van der Waals surface area (Å²) in [5, 5.41) is 72.6. The summed E-state index contributed by atoms with van der Waals surface area (Å²) in [7, 11) is 0. The molecule has 5 aromatic rings. The van der Waals surface area contributed by atoms with Crippen molar-refractivity contribution in [1.82, 2.24) is 4.57 Å². The molecule has 1 heterocycles. The Bertz CT molecular complexity index is 1500. The predicted molar refractivity (Wildman–Crippen MR) is 126 cm³/mol. The Kier molecular flexibility index (Phi) is 4.47. The summed E-state index contributed by atoms with van der Waals surface area (Å²) in [6.45, 7) is 0. The number of phenolic OH excluding ortho intramolecular Hbond substituents is 7. The first-order chi connectivity index (χ1) is 15.7. The van der Waals surface area contributed by atoms with Crippen molar-refractivity contribution in [3.05, 3.63) is 59.1 Å². The van der Waals surface area contributed by atoms with Crippen LogP contribution in [0.3, 0.4) is 0 Å². The van der Waals surface area contributed by atoms with E-state index in [0.29, 0.717) is 5.69 Å². The number of hydrogen-bond donors (Lipinski definition) is 7. The molecule has 0 aliphatic heterocycles. The zero-order valence-electron chi connectivity index (χ0n) is 16.7. The Morgan fingerprint density at radius 1 is 0.485 bits per heavy atom. The van der Waals surface area contributed by atoms with Gasteiger partial charge in [0.25, 0.3) is 0 Å². The van der Waals surface area contributed by atoms with E-state index in [-0.39, 0.29) is 26.3 Å². The molecule has 0 aliphatic carbocycles. The average Bonchev–Trinajstić information content (AvgIpc) is 3.20. The van der Waals surface area contributed by atoms with Crippen LogP contribution in [0.2, 0.25) is 0 Å². The van der Waals surface area contributed by atoms with Gasteiger partial charge in [-0.15, -0.1) is 0 Å². The van der Waals surface area contributed by atoms with Crippen LogP contribution in [-0.2, 0) is 0 Å². The molecule has 0 aliphatic rings. The number of aromatic nitrogens is 1. The lowest BCUT2D eigenvalue weighted by Crippen LogP contribution is -1.95. The van der Waals surface area contributed by atoms with Gasteiger partial charge in [0.1, 0.15) is 11.0 Å². The van der Waals surface area contributed by atoms with Gasteiger partial charge in [0.05, 0.1) is 9.86 Å². The van der Waals surface area contributed by atoms with Crippen molar-refractivity contribution in [2.45, 2.75) is 0 Å². The Labute approximate surface area is 194 Å². The van der Waals surface area contributed by atoms with Crippen LogP contribution < -0.4 is 0 Å². The van der Waals surface area contributed by atoms with Crippen molar-refractivity contribution in [3.8, 4) is 57.1 Å². The fourth-order valence-electron chi connectivity index (χ4n) is 4.06. The molecule has 33 heavy (non-hydrogen) atoms. The second kappa shape index (κ2) is 7.14. The highest BCUT2D eigenvalue weighted by Crippen LogP contribution is 2.58. The Hall–Kier alpha value is -4.24. The molecule has 0 unspecified atom stereocenters. The molecule has 0 spiro atoms. The van der Waals surface area contributed by atoms with Crippen molar-refractivity contribution in [1.29, 1.82) is 0 Å². The third-order valence-corrected chi connectivity index (χ3v) is 6.41. The maximum atomic E-state index is 10.7. The van der Waals surface area contributed by atoms with Crippen LogP contribution >= 0.6 is 15.9 Å². The smallest absolute Gasteiger partial charge is 0.206 e. The monoisotopic (exact) mass is 509 g/mol. The van der Waals surface area contributed by atoms with E-state index >= 15 is 0 Å². The first-order valence-electron chi connectivity index (χ1n) is 9.66. The van der Waals surface area contributed by atoms with E-state index in [4.69, 9.17) is 0 Å². The molecule has 0 amide bonds. The third-order valence-electron chi connectivity index (χ3n) is 5.64. The summed E-state index contributed by atoms with van der Waals surface area (Å²) in [4.78, 5) is 0. The van der Waals surface area contributed by atoms with Gasteiger partial charge in [0, 0.05) is 11.1 Å². The summed E-state index contributed by atoms with van der Waals surface area (Å²) in [6, 6.07) is 16.5. The van der Waals surface area contributed by atoms with Gasteiger partial charge in [-0.3, -0.25) is 0 Å². The van der Waals surface area contributed by atoms with Gasteiger partial charge in [-0.1, -0.05) is 42.5 Å². The van der Waals surface area contributed by atoms with E-state index < -0.39 is 40.2 Å². The van der Waals surface area contributed by atoms with Crippen LogP contribution in [-0.4, -0.2) is 40.3 Å². The fraction of sp³-hybridized carbons (Fsp3) is 0. The summed E-state index contributed by atoms with van der Waals surface area (Å²) in [6.07, 6.45) is 0. The molecule has 9 heteroatoms. The maximum absolute atomic E-state index is 10.7. The van der Waals surface area contributed by atoms with Crippen LogP contribution in [0.5, 0.6) is 40.2 Å². The quantitative estimate of drug-likeness (QED) is 0.128. The molecule has 5 rings (SSSR count). The van der Waals surface area contributed by atoms with Gasteiger partial charge in [0.15, 0.2) is 23.0 Å². The zero-order chi connectivity index (χ0) is 23.6. The lowest BCUT2D eigenvalue weighted by molar-refractivity contribution is 0.350. The van der Waals surface area contributed by atoms with Gasteiger partial charge in [0.2, 0.25) is 17.2 Å². The molecule has 1 aromatic heterocycles. The zero-order valence-corrected chi connectivity index (χ0v) is 18.2. The second-order valence-electron chi connectivity index (χ2n) is 7.45. The number of halogens is 1.